The smallest absolute Gasteiger partial charge is 0.347 e. The number of allylic oxidation sites excluding steroid dienone is 1. The monoisotopic (exact) mass is 348 g/mol. The van der Waals surface area contributed by atoms with Crippen LogP contribution in [-0.4, -0.2) is 23.9 Å². The second-order valence-electron chi connectivity index (χ2n) is 5.83. The first kappa shape index (κ1) is 17.6. The zero-order valence-corrected chi connectivity index (χ0v) is 14.8. The van der Waals surface area contributed by atoms with E-state index in [1.165, 1.54) is 6.08 Å². The highest BCUT2D eigenvalue weighted by Crippen LogP contribution is 2.22. The van der Waals surface area contributed by atoms with Crippen LogP contribution in [0.5, 0.6) is 0 Å². The van der Waals surface area contributed by atoms with Crippen molar-refractivity contribution in [1.29, 1.82) is 0 Å². The fourth-order valence-corrected chi connectivity index (χ4v) is 2.79. The molecule has 0 aliphatic carbocycles. The second kappa shape index (κ2) is 7.78. The highest BCUT2D eigenvalue weighted by atomic mass is 16.4. The van der Waals surface area contributed by atoms with E-state index in [4.69, 9.17) is 4.42 Å². The quantitative estimate of drug-likeness (QED) is 0.384. The van der Waals surface area contributed by atoms with Gasteiger partial charge in [-0.1, -0.05) is 6.07 Å². The molecule has 0 atom stereocenters. The molecule has 0 bridgehead atoms. The van der Waals surface area contributed by atoms with Crippen LogP contribution in [0.1, 0.15) is 29.8 Å². The lowest BCUT2D eigenvalue weighted by Gasteiger charge is -2.20. The first-order chi connectivity index (χ1) is 12.6. The molecular weight excluding hydrogens is 328 g/mol. The summed E-state index contributed by atoms with van der Waals surface area (Å²) in [6.07, 6.45) is 6.28. The number of hydrogen-bond donors (Lipinski definition) is 0. The summed E-state index contributed by atoms with van der Waals surface area (Å²) in [5, 5.41) is 0.721. The third kappa shape index (κ3) is 3.72. The zero-order chi connectivity index (χ0) is 18.5. The lowest BCUT2D eigenvalue weighted by Crippen LogP contribution is -2.21. The van der Waals surface area contributed by atoms with Gasteiger partial charge in [-0.2, -0.15) is 0 Å². The fraction of sp³-hybridized carbons (Fsp3) is 0.190. The highest BCUT2D eigenvalue weighted by molar-refractivity contribution is 6.07. The lowest BCUT2D eigenvalue weighted by molar-refractivity contribution is 0.104. The van der Waals surface area contributed by atoms with E-state index in [9.17, 15) is 9.59 Å². The van der Waals surface area contributed by atoms with Crippen molar-refractivity contribution in [3.05, 3.63) is 76.4 Å². The van der Waals surface area contributed by atoms with E-state index in [-0.39, 0.29) is 5.56 Å². The minimum absolute atomic E-state index is 0.0215. The van der Waals surface area contributed by atoms with Crippen molar-refractivity contribution in [3.8, 4) is 0 Å². The van der Waals surface area contributed by atoms with Crippen LogP contribution < -0.4 is 10.5 Å². The van der Waals surface area contributed by atoms with Crippen LogP contribution in [0.2, 0.25) is 0 Å². The Kier molecular flexibility index (Phi) is 5.27. The highest BCUT2D eigenvalue weighted by Gasteiger charge is 2.12. The molecule has 0 aliphatic rings. The predicted molar refractivity (Wildman–Crippen MR) is 104 cm³/mol. The van der Waals surface area contributed by atoms with Gasteiger partial charge < -0.3 is 9.32 Å². The van der Waals surface area contributed by atoms with Gasteiger partial charge in [-0.15, -0.1) is 0 Å². The minimum Gasteiger partial charge on any atom is -0.422 e. The largest absolute Gasteiger partial charge is 0.422 e. The number of anilines is 1. The van der Waals surface area contributed by atoms with Crippen molar-refractivity contribution in [2.45, 2.75) is 13.8 Å². The number of pyridine rings is 1. The topological polar surface area (TPSA) is 63.4 Å². The number of carbonyl (C=O) groups excluding carboxylic acids is 1. The van der Waals surface area contributed by atoms with Gasteiger partial charge in [0.25, 0.3) is 0 Å². The van der Waals surface area contributed by atoms with Crippen LogP contribution in [0.4, 0.5) is 5.69 Å². The summed E-state index contributed by atoms with van der Waals surface area (Å²) in [5.74, 6) is -0.391. The van der Waals surface area contributed by atoms with Crippen LogP contribution in [-0.2, 0) is 0 Å². The Hall–Kier alpha value is -3.21. The maximum Gasteiger partial charge on any atom is 0.347 e. The van der Waals surface area contributed by atoms with Crippen molar-refractivity contribution < 1.29 is 9.21 Å². The van der Waals surface area contributed by atoms with Crippen molar-refractivity contribution in [2.24, 2.45) is 0 Å². The van der Waals surface area contributed by atoms with Gasteiger partial charge >= 0.3 is 5.63 Å². The SMILES string of the molecule is CCN(CC)c1ccc2cc(C(=O)/C=C/c3cccnc3)c(=O)oc2c1. The van der Waals surface area contributed by atoms with Crippen molar-refractivity contribution in [1.82, 2.24) is 4.98 Å². The summed E-state index contributed by atoms with van der Waals surface area (Å²) in [6.45, 7) is 5.87. The molecule has 0 N–H and O–H groups in total. The molecule has 2 heterocycles. The Morgan fingerprint density at radius 1 is 1.19 bits per heavy atom. The Labute approximate surface area is 151 Å². The Balaban J connectivity index is 1.93. The number of aromatic nitrogens is 1. The number of benzene rings is 1. The number of nitrogens with zero attached hydrogens (tertiary/aromatic N) is 2. The fourth-order valence-electron chi connectivity index (χ4n) is 2.79. The van der Waals surface area contributed by atoms with Gasteiger partial charge in [0, 0.05) is 42.6 Å². The molecule has 5 nitrogen and oxygen atoms in total. The summed E-state index contributed by atoms with van der Waals surface area (Å²) < 4.78 is 5.40. The maximum absolute atomic E-state index is 12.4. The maximum atomic E-state index is 12.4. The molecule has 3 rings (SSSR count). The van der Waals surface area contributed by atoms with Crippen molar-refractivity contribution in [2.75, 3.05) is 18.0 Å². The molecule has 0 radical (unpaired) electrons. The van der Waals surface area contributed by atoms with Gasteiger partial charge in [0.2, 0.25) is 0 Å². The molecule has 1 aromatic carbocycles. The lowest BCUT2D eigenvalue weighted by atomic mass is 10.1. The molecule has 0 spiro atoms. The van der Waals surface area contributed by atoms with Crippen LogP contribution in [0, 0.1) is 0 Å². The van der Waals surface area contributed by atoms with Gasteiger partial charge in [0.15, 0.2) is 5.78 Å². The predicted octanol–water partition coefficient (Wildman–Crippen LogP) is 3.93. The number of carbonyl (C=O) groups is 1. The number of fused-ring (bicyclic) bond motifs is 1. The third-order valence-corrected chi connectivity index (χ3v) is 4.23. The van der Waals surface area contributed by atoms with Crippen molar-refractivity contribution >= 4 is 28.5 Å². The Morgan fingerprint density at radius 2 is 2.00 bits per heavy atom. The van der Waals surface area contributed by atoms with E-state index >= 15 is 0 Å². The summed E-state index contributed by atoms with van der Waals surface area (Å²) in [7, 11) is 0. The summed E-state index contributed by atoms with van der Waals surface area (Å²) in [4.78, 5) is 30.8. The minimum atomic E-state index is -0.630. The second-order valence-corrected chi connectivity index (χ2v) is 5.83. The molecule has 5 heteroatoms. The van der Waals surface area contributed by atoms with Gasteiger partial charge in [-0.3, -0.25) is 9.78 Å². The van der Waals surface area contributed by atoms with E-state index in [2.05, 4.69) is 23.7 Å². The van der Waals surface area contributed by atoms with E-state index in [0.29, 0.717) is 5.58 Å². The number of rotatable bonds is 6. The molecular formula is C21H20N2O3. The van der Waals surface area contributed by atoms with Gasteiger partial charge in [-0.25, -0.2) is 4.79 Å². The first-order valence-corrected chi connectivity index (χ1v) is 8.57. The van der Waals surface area contributed by atoms with Crippen LogP contribution in [0.25, 0.3) is 17.0 Å². The molecule has 0 fully saturated rings. The Morgan fingerprint density at radius 3 is 2.69 bits per heavy atom. The average molecular weight is 348 g/mol. The van der Waals surface area contributed by atoms with E-state index < -0.39 is 11.4 Å². The molecule has 0 aliphatic heterocycles. The van der Waals surface area contributed by atoms with Crippen molar-refractivity contribution in [3.63, 3.8) is 0 Å². The van der Waals surface area contributed by atoms with Gasteiger partial charge in [0.1, 0.15) is 11.1 Å². The molecule has 132 valence electrons. The van der Waals surface area contributed by atoms with Gasteiger partial charge in [0.05, 0.1) is 0 Å². The molecule has 26 heavy (non-hydrogen) atoms. The van der Waals surface area contributed by atoms with E-state index in [0.717, 1.165) is 29.7 Å². The molecule has 0 unspecified atom stereocenters. The standard InChI is InChI=1S/C21H20N2O3/c1-3-23(4-2)17-9-8-16-12-18(21(25)26-20(16)13-17)19(24)10-7-15-6-5-11-22-14-15/h5-14H,3-4H2,1-2H3/b10-7+. The molecule has 0 saturated carbocycles. The number of ketones is 1. The molecule has 2 aromatic heterocycles. The summed E-state index contributed by atoms with van der Waals surface area (Å²) >= 11 is 0. The van der Waals surface area contributed by atoms with Crippen LogP contribution in [0.15, 0.2) is 64.1 Å². The van der Waals surface area contributed by atoms with Crippen LogP contribution >= 0.6 is 0 Å². The third-order valence-electron chi connectivity index (χ3n) is 4.23. The number of hydrogen-bond acceptors (Lipinski definition) is 5. The first-order valence-electron chi connectivity index (χ1n) is 8.57. The summed E-state index contributed by atoms with van der Waals surface area (Å²) in [6, 6.07) is 10.9. The Bertz CT molecular complexity index is 1000. The average Bonchev–Trinajstić information content (AvgIpc) is 2.67. The van der Waals surface area contributed by atoms with Crippen LogP contribution in [0.3, 0.4) is 0 Å². The molecule has 0 saturated heterocycles. The molecule has 0 amide bonds. The molecule has 3 aromatic rings. The zero-order valence-electron chi connectivity index (χ0n) is 14.8. The van der Waals surface area contributed by atoms with E-state index in [1.54, 1.807) is 30.6 Å². The van der Waals surface area contributed by atoms with Gasteiger partial charge in [-0.05, 0) is 55.8 Å². The van der Waals surface area contributed by atoms with E-state index in [1.807, 2.05) is 24.3 Å². The normalized spacial score (nSPS) is 11.2. The summed E-state index contributed by atoms with van der Waals surface area (Å²) in [5.41, 5.74) is 1.64.